The van der Waals surface area contributed by atoms with Crippen LogP contribution in [0.15, 0.2) is 18.2 Å². The molecule has 0 spiro atoms. The Hall–Kier alpha value is -0.930. The molecule has 0 aromatic heterocycles. The number of hydrogen-bond acceptors (Lipinski definition) is 2. The van der Waals surface area contributed by atoms with Gasteiger partial charge in [-0.05, 0) is 51.1 Å². The Kier molecular flexibility index (Phi) is 5.99. The smallest absolute Gasteiger partial charge is 0.127 e. The van der Waals surface area contributed by atoms with E-state index < -0.39 is 0 Å². The standard InChI is InChI=1S/C17H26FNO/c1-3-8-19-17(12-14-6-9-20-10-7-14)15-11-13(2)4-5-16(15)18/h4-5,11,14,17,19H,3,6-10,12H2,1-2H3. The molecule has 1 aromatic carbocycles. The van der Waals surface area contributed by atoms with Gasteiger partial charge >= 0.3 is 0 Å². The highest BCUT2D eigenvalue weighted by Gasteiger charge is 2.22. The average Bonchev–Trinajstić information content (AvgIpc) is 2.47. The molecule has 2 rings (SSSR count). The number of hydrogen-bond donors (Lipinski definition) is 1. The molecule has 0 saturated carbocycles. The van der Waals surface area contributed by atoms with Crippen molar-refractivity contribution < 1.29 is 9.13 Å². The van der Waals surface area contributed by atoms with Crippen LogP contribution in [0.4, 0.5) is 4.39 Å². The third kappa shape index (κ3) is 4.29. The molecule has 1 fully saturated rings. The summed E-state index contributed by atoms with van der Waals surface area (Å²) in [6.07, 6.45) is 4.26. The van der Waals surface area contributed by atoms with Crippen LogP contribution in [0, 0.1) is 18.7 Å². The zero-order valence-corrected chi connectivity index (χ0v) is 12.6. The van der Waals surface area contributed by atoms with Gasteiger partial charge in [-0.25, -0.2) is 4.39 Å². The monoisotopic (exact) mass is 279 g/mol. The summed E-state index contributed by atoms with van der Waals surface area (Å²) < 4.78 is 19.6. The summed E-state index contributed by atoms with van der Waals surface area (Å²) >= 11 is 0. The van der Waals surface area contributed by atoms with Crippen molar-refractivity contribution >= 4 is 0 Å². The molecule has 0 radical (unpaired) electrons. The third-order valence-corrected chi connectivity index (χ3v) is 4.08. The maximum atomic E-state index is 14.1. The molecule has 1 heterocycles. The van der Waals surface area contributed by atoms with Gasteiger partial charge in [0.1, 0.15) is 5.82 Å². The molecule has 1 saturated heterocycles. The fourth-order valence-corrected chi connectivity index (χ4v) is 2.88. The average molecular weight is 279 g/mol. The second kappa shape index (κ2) is 7.75. The Morgan fingerprint density at radius 3 is 2.80 bits per heavy atom. The largest absolute Gasteiger partial charge is 0.381 e. The Morgan fingerprint density at radius 1 is 1.35 bits per heavy atom. The van der Waals surface area contributed by atoms with E-state index in [9.17, 15) is 4.39 Å². The first-order valence-corrected chi connectivity index (χ1v) is 7.78. The van der Waals surface area contributed by atoms with Crippen LogP contribution in [-0.2, 0) is 4.74 Å². The number of rotatable bonds is 6. The van der Waals surface area contributed by atoms with Crippen LogP contribution >= 0.6 is 0 Å². The van der Waals surface area contributed by atoms with Gasteiger partial charge in [0.25, 0.3) is 0 Å². The van der Waals surface area contributed by atoms with Crippen LogP contribution in [0.25, 0.3) is 0 Å². The van der Waals surface area contributed by atoms with Gasteiger partial charge in [-0.1, -0.05) is 24.6 Å². The Morgan fingerprint density at radius 2 is 2.10 bits per heavy atom. The van der Waals surface area contributed by atoms with Crippen LogP contribution in [0.3, 0.4) is 0 Å². The summed E-state index contributed by atoms with van der Waals surface area (Å²) in [4.78, 5) is 0. The van der Waals surface area contributed by atoms with Crippen molar-refractivity contribution in [3.8, 4) is 0 Å². The molecule has 112 valence electrons. The number of benzene rings is 1. The lowest BCUT2D eigenvalue weighted by Gasteiger charge is -2.28. The number of ether oxygens (including phenoxy) is 1. The van der Waals surface area contributed by atoms with Gasteiger partial charge in [-0.3, -0.25) is 0 Å². The van der Waals surface area contributed by atoms with Crippen LogP contribution in [0.1, 0.15) is 49.8 Å². The molecule has 0 amide bonds. The summed E-state index contributed by atoms with van der Waals surface area (Å²) in [6, 6.07) is 5.54. The summed E-state index contributed by atoms with van der Waals surface area (Å²) in [5.74, 6) is 0.550. The lowest BCUT2D eigenvalue weighted by Crippen LogP contribution is -2.27. The van der Waals surface area contributed by atoms with Crippen LogP contribution in [0.2, 0.25) is 0 Å². The van der Waals surface area contributed by atoms with Crippen molar-refractivity contribution in [2.45, 2.75) is 45.6 Å². The zero-order chi connectivity index (χ0) is 14.4. The second-order valence-corrected chi connectivity index (χ2v) is 5.82. The van der Waals surface area contributed by atoms with E-state index in [2.05, 4.69) is 12.2 Å². The predicted octanol–water partition coefficient (Wildman–Crippen LogP) is 3.99. The van der Waals surface area contributed by atoms with Gasteiger partial charge in [0.2, 0.25) is 0 Å². The molecular formula is C17H26FNO. The molecule has 3 heteroatoms. The highest BCUT2D eigenvalue weighted by Crippen LogP contribution is 2.29. The molecule has 20 heavy (non-hydrogen) atoms. The normalized spacial score (nSPS) is 18.1. The van der Waals surface area contributed by atoms with Crippen molar-refractivity contribution in [1.29, 1.82) is 0 Å². The topological polar surface area (TPSA) is 21.3 Å². The van der Waals surface area contributed by atoms with E-state index in [0.717, 1.165) is 56.6 Å². The summed E-state index contributed by atoms with van der Waals surface area (Å²) in [5.41, 5.74) is 1.95. The molecule has 1 aliphatic heterocycles. The van der Waals surface area contributed by atoms with Gasteiger partial charge in [0.05, 0.1) is 0 Å². The van der Waals surface area contributed by atoms with Crippen LogP contribution in [0.5, 0.6) is 0 Å². The number of nitrogens with one attached hydrogen (secondary N) is 1. The lowest BCUT2D eigenvalue weighted by atomic mass is 9.88. The highest BCUT2D eigenvalue weighted by atomic mass is 19.1. The van der Waals surface area contributed by atoms with E-state index in [4.69, 9.17) is 4.74 Å². The fourth-order valence-electron chi connectivity index (χ4n) is 2.88. The predicted molar refractivity (Wildman–Crippen MR) is 80.3 cm³/mol. The third-order valence-electron chi connectivity index (χ3n) is 4.08. The molecule has 0 aliphatic carbocycles. The molecular weight excluding hydrogens is 253 g/mol. The lowest BCUT2D eigenvalue weighted by molar-refractivity contribution is 0.0604. The quantitative estimate of drug-likeness (QED) is 0.850. The van der Waals surface area contributed by atoms with Gasteiger partial charge in [0.15, 0.2) is 0 Å². The minimum absolute atomic E-state index is 0.0868. The number of aryl methyl sites for hydroxylation is 1. The van der Waals surface area contributed by atoms with E-state index >= 15 is 0 Å². The van der Waals surface area contributed by atoms with Gasteiger partial charge < -0.3 is 10.1 Å². The highest BCUT2D eigenvalue weighted by molar-refractivity contribution is 5.27. The van der Waals surface area contributed by atoms with Crippen molar-refractivity contribution in [2.24, 2.45) is 5.92 Å². The summed E-state index contributed by atoms with van der Waals surface area (Å²) in [6.45, 7) is 6.80. The van der Waals surface area contributed by atoms with E-state index in [0.29, 0.717) is 5.92 Å². The summed E-state index contributed by atoms with van der Waals surface area (Å²) in [7, 11) is 0. The molecule has 1 atom stereocenters. The first-order valence-electron chi connectivity index (χ1n) is 7.78. The molecule has 0 bridgehead atoms. The van der Waals surface area contributed by atoms with Crippen molar-refractivity contribution in [3.63, 3.8) is 0 Å². The van der Waals surface area contributed by atoms with Gasteiger partial charge in [-0.15, -0.1) is 0 Å². The van der Waals surface area contributed by atoms with Crippen molar-refractivity contribution in [1.82, 2.24) is 5.32 Å². The van der Waals surface area contributed by atoms with Gasteiger partial charge in [-0.2, -0.15) is 0 Å². The minimum Gasteiger partial charge on any atom is -0.381 e. The fraction of sp³-hybridized carbons (Fsp3) is 0.647. The first-order chi connectivity index (χ1) is 9.70. The van der Waals surface area contributed by atoms with E-state index in [1.54, 1.807) is 6.07 Å². The molecule has 1 N–H and O–H groups in total. The Balaban J connectivity index is 2.10. The van der Waals surface area contributed by atoms with E-state index in [-0.39, 0.29) is 11.9 Å². The van der Waals surface area contributed by atoms with Crippen LogP contribution in [-0.4, -0.2) is 19.8 Å². The second-order valence-electron chi connectivity index (χ2n) is 5.82. The van der Waals surface area contributed by atoms with E-state index in [1.807, 2.05) is 19.1 Å². The van der Waals surface area contributed by atoms with Crippen molar-refractivity contribution in [2.75, 3.05) is 19.8 Å². The zero-order valence-electron chi connectivity index (χ0n) is 12.6. The molecule has 1 aromatic rings. The SMILES string of the molecule is CCCNC(CC1CCOCC1)c1cc(C)ccc1F. The van der Waals surface area contributed by atoms with Crippen molar-refractivity contribution in [3.05, 3.63) is 35.1 Å². The maximum Gasteiger partial charge on any atom is 0.127 e. The van der Waals surface area contributed by atoms with Gasteiger partial charge in [0, 0.05) is 24.8 Å². The van der Waals surface area contributed by atoms with Crippen LogP contribution < -0.4 is 5.32 Å². The Bertz CT molecular complexity index is 415. The number of halogens is 1. The van der Waals surface area contributed by atoms with E-state index in [1.165, 1.54) is 0 Å². The maximum absolute atomic E-state index is 14.1. The molecule has 1 aliphatic rings. The summed E-state index contributed by atoms with van der Waals surface area (Å²) in [5, 5.41) is 3.52. The Labute approximate surface area is 121 Å². The minimum atomic E-state index is -0.0868. The molecule has 1 unspecified atom stereocenters. The first kappa shape index (κ1) is 15.5. The molecule has 2 nitrogen and oxygen atoms in total.